The summed E-state index contributed by atoms with van der Waals surface area (Å²) in [6, 6.07) is 5.17. The Hall–Kier alpha value is -2.17. The van der Waals surface area contributed by atoms with Crippen LogP contribution in [-0.4, -0.2) is 21.9 Å². The van der Waals surface area contributed by atoms with E-state index >= 15 is 0 Å². The Bertz CT molecular complexity index is 521. The van der Waals surface area contributed by atoms with Gasteiger partial charge in [0.1, 0.15) is 0 Å². The lowest BCUT2D eigenvalue weighted by atomic mass is 10.1. The topological polar surface area (TPSA) is 59.5 Å². The summed E-state index contributed by atoms with van der Waals surface area (Å²) in [5.41, 5.74) is 1.50. The molecule has 0 spiro atoms. The van der Waals surface area contributed by atoms with Crippen molar-refractivity contribution in [1.82, 2.24) is 10.0 Å². The maximum absolute atomic E-state index is 11.9. The molecule has 1 aromatic heterocycles. The maximum atomic E-state index is 11.9. The number of carbonyl (C=O) groups excluding carboxylic acids is 2. The highest BCUT2D eigenvalue weighted by atomic mass is 16.7. The third-order valence-electron chi connectivity index (χ3n) is 2.89. The van der Waals surface area contributed by atoms with Gasteiger partial charge in [-0.05, 0) is 24.5 Å². The van der Waals surface area contributed by atoms with Crippen LogP contribution < -0.4 is 0 Å². The first-order valence-corrected chi connectivity index (χ1v) is 6.19. The highest BCUT2D eigenvalue weighted by Crippen LogP contribution is 2.21. The van der Waals surface area contributed by atoms with E-state index in [1.54, 1.807) is 12.1 Å². The van der Waals surface area contributed by atoms with Crippen LogP contribution in [0.3, 0.4) is 0 Å². The SMILES string of the molecule is C=C1CCC(=O)N1OC(=O)c1cccc(C(C)C)n1. The van der Waals surface area contributed by atoms with Crippen molar-refractivity contribution in [2.24, 2.45) is 0 Å². The van der Waals surface area contributed by atoms with Crippen LogP contribution in [-0.2, 0) is 9.63 Å². The van der Waals surface area contributed by atoms with Crippen molar-refractivity contribution in [2.75, 3.05) is 0 Å². The normalized spacial score (nSPS) is 15.2. The van der Waals surface area contributed by atoms with Crippen molar-refractivity contribution >= 4 is 11.9 Å². The summed E-state index contributed by atoms with van der Waals surface area (Å²) >= 11 is 0. The molecule has 1 aliphatic heterocycles. The van der Waals surface area contributed by atoms with E-state index in [2.05, 4.69) is 11.6 Å². The van der Waals surface area contributed by atoms with Crippen LogP contribution >= 0.6 is 0 Å². The summed E-state index contributed by atoms with van der Waals surface area (Å²) in [5, 5.41) is 0.964. The van der Waals surface area contributed by atoms with Gasteiger partial charge >= 0.3 is 5.97 Å². The number of pyridine rings is 1. The first-order chi connectivity index (χ1) is 8.99. The van der Waals surface area contributed by atoms with Gasteiger partial charge in [0.05, 0.1) is 5.70 Å². The smallest absolute Gasteiger partial charge is 0.326 e. The summed E-state index contributed by atoms with van der Waals surface area (Å²) < 4.78 is 0. The molecule has 0 aromatic carbocycles. The molecule has 0 saturated carbocycles. The molecule has 1 saturated heterocycles. The Kier molecular flexibility index (Phi) is 3.64. The third kappa shape index (κ3) is 2.81. The first-order valence-electron chi connectivity index (χ1n) is 6.19. The maximum Gasteiger partial charge on any atom is 0.381 e. The number of allylic oxidation sites excluding steroid dienone is 1. The summed E-state index contributed by atoms with van der Waals surface area (Å²) in [6.07, 6.45) is 0.844. The van der Waals surface area contributed by atoms with E-state index in [0.29, 0.717) is 18.5 Å². The molecule has 1 amide bonds. The van der Waals surface area contributed by atoms with Crippen LogP contribution in [0.4, 0.5) is 0 Å². The number of hydroxylamine groups is 2. The third-order valence-corrected chi connectivity index (χ3v) is 2.89. The molecule has 2 rings (SSSR count). The fraction of sp³-hybridized carbons (Fsp3) is 0.357. The van der Waals surface area contributed by atoms with Crippen molar-refractivity contribution in [3.63, 3.8) is 0 Å². The summed E-state index contributed by atoms with van der Waals surface area (Å²) in [7, 11) is 0. The van der Waals surface area contributed by atoms with Crippen LogP contribution in [0.15, 0.2) is 30.5 Å². The molecule has 100 valence electrons. The van der Waals surface area contributed by atoms with Gasteiger partial charge < -0.3 is 4.84 Å². The van der Waals surface area contributed by atoms with Crippen molar-refractivity contribution in [3.05, 3.63) is 41.9 Å². The van der Waals surface area contributed by atoms with Crippen LogP contribution in [0.25, 0.3) is 0 Å². The predicted molar refractivity (Wildman–Crippen MR) is 69.0 cm³/mol. The fourth-order valence-electron chi connectivity index (χ4n) is 1.76. The fourth-order valence-corrected chi connectivity index (χ4v) is 1.76. The molecule has 0 radical (unpaired) electrons. The van der Waals surface area contributed by atoms with Gasteiger partial charge in [0.15, 0.2) is 5.69 Å². The molecule has 2 heterocycles. The van der Waals surface area contributed by atoms with Gasteiger partial charge in [0, 0.05) is 12.1 Å². The van der Waals surface area contributed by atoms with Crippen molar-refractivity contribution < 1.29 is 14.4 Å². The molecule has 0 bridgehead atoms. The zero-order valence-electron chi connectivity index (χ0n) is 11.0. The molecular weight excluding hydrogens is 244 g/mol. The van der Waals surface area contributed by atoms with E-state index < -0.39 is 5.97 Å². The second kappa shape index (κ2) is 5.22. The molecule has 5 heteroatoms. The first kappa shape index (κ1) is 13.3. The summed E-state index contributed by atoms with van der Waals surface area (Å²) in [6.45, 7) is 7.66. The van der Waals surface area contributed by atoms with Gasteiger partial charge in [-0.1, -0.05) is 26.5 Å². The quantitative estimate of drug-likeness (QED) is 0.837. The number of rotatable bonds is 3. The summed E-state index contributed by atoms with van der Waals surface area (Å²) in [4.78, 5) is 32.7. The number of aromatic nitrogens is 1. The standard InChI is InChI=1S/C14H16N2O3/c1-9(2)11-5-4-6-12(15-11)14(18)19-16-10(3)7-8-13(16)17/h4-6,9H,3,7-8H2,1-2H3. The molecule has 1 aromatic rings. The number of nitrogens with zero attached hydrogens (tertiary/aromatic N) is 2. The lowest BCUT2D eigenvalue weighted by Crippen LogP contribution is -2.27. The van der Waals surface area contributed by atoms with Crippen molar-refractivity contribution in [3.8, 4) is 0 Å². The molecule has 0 N–H and O–H groups in total. The van der Waals surface area contributed by atoms with E-state index in [4.69, 9.17) is 4.84 Å². The van der Waals surface area contributed by atoms with E-state index in [1.165, 1.54) is 0 Å². The predicted octanol–water partition coefficient (Wildman–Crippen LogP) is 2.41. The second-order valence-corrected chi connectivity index (χ2v) is 4.74. The van der Waals surface area contributed by atoms with Crippen LogP contribution in [0.2, 0.25) is 0 Å². The largest absolute Gasteiger partial charge is 0.381 e. The molecule has 19 heavy (non-hydrogen) atoms. The molecule has 1 fully saturated rings. The van der Waals surface area contributed by atoms with E-state index in [0.717, 1.165) is 10.8 Å². The Balaban J connectivity index is 2.14. The minimum atomic E-state index is -0.640. The Morgan fingerprint density at radius 3 is 2.74 bits per heavy atom. The zero-order chi connectivity index (χ0) is 14.0. The monoisotopic (exact) mass is 260 g/mol. The number of carbonyl (C=O) groups is 2. The molecule has 5 nitrogen and oxygen atoms in total. The lowest BCUT2D eigenvalue weighted by Gasteiger charge is -2.15. The van der Waals surface area contributed by atoms with Gasteiger partial charge in [0.25, 0.3) is 5.91 Å². The van der Waals surface area contributed by atoms with E-state index in [9.17, 15) is 9.59 Å². The number of hydrogen-bond donors (Lipinski definition) is 0. The Morgan fingerprint density at radius 2 is 2.16 bits per heavy atom. The van der Waals surface area contributed by atoms with Crippen LogP contribution in [0, 0.1) is 0 Å². The van der Waals surface area contributed by atoms with Gasteiger partial charge in [-0.3, -0.25) is 4.79 Å². The summed E-state index contributed by atoms with van der Waals surface area (Å²) in [5.74, 6) is -0.673. The van der Waals surface area contributed by atoms with Crippen LogP contribution in [0.5, 0.6) is 0 Å². The molecule has 1 aliphatic rings. The average Bonchev–Trinajstić information content (AvgIpc) is 2.70. The van der Waals surface area contributed by atoms with Gasteiger partial charge in [-0.15, -0.1) is 5.06 Å². The van der Waals surface area contributed by atoms with Crippen LogP contribution in [0.1, 0.15) is 48.8 Å². The minimum absolute atomic E-state index is 0.193. The lowest BCUT2D eigenvalue weighted by molar-refractivity contribution is -0.153. The Morgan fingerprint density at radius 1 is 1.42 bits per heavy atom. The number of amides is 1. The minimum Gasteiger partial charge on any atom is -0.326 e. The highest BCUT2D eigenvalue weighted by molar-refractivity contribution is 5.89. The molecule has 0 unspecified atom stereocenters. The zero-order valence-corrected chi connectivity index (χ0v) is 11.0. The van der Waals surface area contributed by atoms with E-state index in [1.807, 2.05) is 19.9 Å². The van der Waals surface area contributed by atoms with Gasteiger partial charge in [-0.2, -0.15) is 0 Å². The van der Waals surface area contributed by atoms with Crippen molar-refractivity contribution in [2.45, 2.75) is 32.6 Å². The Labute approximate surface area is 111 Å². The highest BCUT2D eigenvalue weighted by Gasteiger charge is 2.29. The van der Waals surface area contributed by atoms with Gasteiger partial charge in [-0.25, -0.2) is 9.78 Å². The molecule has 0 aliphatic carbocycles. The van der Waals surface area contributed by atoms with Gasteiger partial charge in [0.2, 0.25) is 0 Å². The van der Waals surface area contributed by atoms with Crippen molar-refractivity contribution in [1.29, 1.82) is 0 Å². The van der Waals surface area contributed by atoms with E-state index in [-0.39, 0.29) is 17.5 Å². The second-order valence-electron chi connectivity index (χ2n) is 4.74. The average molecular weight is 260 g/mol. The molecule has 0 atom stereocenters. The number of hydrogen-bond acceptors (Lipinski definition) is 4. The molecular formula is C14H16N2O3.